The van der Waals surface area contributed by atoms with E-state index in [9.17, 15) is 0 Å². The van der Waals surface area contributed by atoms with Gasteiger partial charge in [-0.1, -0.05) is 35.3 Å². The second-order valence-corrected chi connectivity index (χ2v) is 13.2. The van der Waals surface area contributed by atoms with Gasteiger partial charge in [0.05, 0.1) is 5.69 Å². The van der Waals surface area contributed by atoms with Crippen molar-refractivity contribution in [3.63, 3.8) is 0 Å². The molecule has 4 aliphatic carbocycles. The molecule has 3 nitrogen and oxygen atoms in total. The molecular formula is C32H37Cl2N3. The maximum atomic E-state index is 6.22. The summed E-state index contributed by atoms with van der Waals surface area (Å²) in [6, 6.07) is 18.8. The van der Waals surface area contributed by atoms with Gasteiger partial charge in [0.2, 0.25) is 0 Å². The molecule has 4 saturated carbocycles. The predicted octanol–water partition coefficient (Wildman–Crippen LogP) is 7.85. The summed E-state index contributed by atoms with van der Waals surface area (Å²) in [4.78, 5) is 5.61. The van der Waals surface area contributed by atoms with Gasteiger partial charge in [0.1, 0.15) is 0 Å². The van der Waals surface area contributed by atoms with Crippen LogP contribution in [0.1, 0.15) is 49.8 Å². The molecule has 5 aliphatic rings. The van der Waals surface area contributed by atoms with Crippen molar-refractivity contribution in [3.05, 3.63) is 75.9 Å². The van der Waals surface area contributed by atoms with Crippen LogP contribution in [0.5, 0.6) is 0 Å². The Kier molecular flexibility index (Phi) is 6.20. The Labute approximate surface area is 231 Å². The molecule has 2 heterocycles. The molecule has 0 amide bonds. The zero-order valence-corrected chi connectivity index (χ0v) is 23.3. The van der Waals surface area contributed by atoms with Crippen LogP contribution < -0.4 is 0 Å². The van der Waals surface area contributed by atoms with Gasteiger partial charge in [0.25, 0.3) is 0 Å². The lowest BCUT2D eigenvalue weighted by Gasteiger charge is -2.61. The summed E-state index contributed by atoms with van der Waals surface area (Å²) in [6.07, 6.45) is 9.02. The first-order valence-electron chi connectivity index (χ1n) is 14.2. The molecule has 3 aromatic rings. The predicted molar refractivity (Wildman–Crippen MR) is 154 cm³/mol. The highest BCUT2D eigenvalue weighted by Crippen LogP contribution is 2.57. The zero-order chi connectivity index (χ0) is 25.1. The Morgan fingerprint density at radius 1 is 0.757 bits per heavy atom. The molecule has 0 spiro atoms. The monoisotopic (exact) mass is 533 g/mol. The largest absolute Gasteiger partial charge is 0.314 e. The Morgan fingerprint density at radius 3 is 1.86 bits per heavy atom. The van der Waals surface area contributed by atoms with Crippen molar-refractivity contribution >= 4 is 23.2 Å². The van der Waals surface area contributed by atoms with Crippen LogP contribution in [0.2, 0.25) is 10.0 Å². The van der Waals surface area contributed by atoms with E-state index in [4.69, 9.17) is 23.2 Å². The van der Waals surface area contributed by atoms with E-state index < -0.39 is 0 Å². The third kappa shape index (κ3) is 4.46. The normalized spacial score (nSPS) is 29.8. The third-order valence-corrected chi connectivity index (χ3v) is 10.5. The first-order chi connectivity index (χ1) is 18.0. The van der Waals surface area contributed by atoms with Gasteiger partial charge in [-0.25, -0.2) is 0 Å². The van der Waals surface area contributed by atoms with Crippen LogP contribution in [0.3, 0.4) is 0 Å². The Morgan fingerprint density at radius 2 is 1.30 bits per heavy atom. The summed E-state index contributed by atoms with van der Waals surface area (Å²) in [6.45, 7) is 8.06. The number of hydrogen-bond donors (Lipinski definition) is 0. The van der Waals surface area contributed by atoms with E-state index >= 15 is 0 Å². The second-order valence-electron chi connectivity index (χ2n) is 12.4. The van der Waals surface area contributed by atoms with Crippen molar-refractivity contribution in [2.45, 2.75) is 57.5 Å². The van der Waals surface area contributed by atoms with Crippen molar-refractivity contribution in [1.29, 1.82) is 0 Å². The average molecular weight is 535 g/mol. The summed E-state index contributed by atoms with van der Waals surface area (Å²) in [7, 11) is 0. The van der Waals surface area contributed by atoms with Crippen LogP contribution in [0.4, 0.5) is 0 Å². The molecule has 8 rings (SSSR count). The van der Waals surface area contributed by atoms with Crippen molar-refractivity contribution in [1.82, 2.24) is 14.4 Å². The second kappa shape index (κ2) is 9.45. The van der Waals surface area contributed by atoms with Gasteiger partial charge in [0.15, 0.2) is 0 Å². The standard InChI is InChI=1S/C32H37Cl2N3/c1-22-27(17-31(26-2-4-28(33)5-3-26)37(22)30-8-6-29(34)7-9-30)21-35-10-12-36(13-11-35)32-18-23-14-24(19-32)16-25(15-23)20-32/h2-9,17,23-25H,10-16,18-21H2,1H3. The van der Waals surface area contributed by atoms with Crippen LogP contribution in [0.15, 0.2) is 54.6 Å². The molecule has 1 aromatic heterocycles. The van der Waals surface area contributed by atoms with Gasteiger partial charge in [-0.3, -0.25) is 9.80 Å². The molecule has 2 aromatic carbocycles. The van der Waals surface area contributed by atoms with E-state index in [0.29, 0.717) is 5.54 Å². The van der Waals surface area contributed by atoms with Gasteiger partial charge in [-0.15, -0.1) is 0 Å². The van der Waals surface area contributed by atoms with Crippen molar-refractivity contribution in [2.75, 3.05) is 26.2 Å². The SMILES string of the molecule is Cc1c(CN2CCN(C34CC5CC(CC(C5)C3)C4)CC2)cc(-c2ccc(Cl)cc2)n1-c1ccc(Cl)cc1. The fourth-order valence-electron chi connectivity index (χ4n) is 8.65. The highest BCUT2D eigenvalue weighted by atomic mass is 35.5. The Bertz CT molecular complexity index is 1230. The zero-order valence-electron chi connectivity index (χ0n) is 21.8. The molecule has 1 aliphatic heterocycles. The minimum Gasteiger partial charge on any atom is -0.314 e. The number of aromatic nitrogens is 1. The maximum absolute atomic E-state index is 6.22. The fourth-order valence-corrected chi connectivity index (χ4v) is 8.90. The molecular weight excluding hydrogens is 497 g/mol. The first kappa shape index (κ1) is 24.3. The quantitative estimate of drug-likeness (QED) is 0.330. The molecule has 4 bridgehead atoms. The Hall–Kier alpha value is -1.78. The number of rotatable bonds is 5. The van der Waals surface area contributed by atoms with Crippen LogP contribution in [0, 0.1) is 24.7 Å². The molecule has 5 fully saturated rings. The van der Waals surface area contributed by atoms with E-state index in [1.807, 2.05) is 24.3 Å². The van der Waals surface area contributed by atoms with Crippen molar-refractivity contribution < 1.29 is 0 Å². The first-order valence-corrected chi connectivity index (χ1v) is 14.9. The smallest absolute Gasteiger partial charge is 0.0534 e. The summed E-state index contributed by atoms with van der Waals surface area (Å²) in [5.41, 5.74) is 6.78. The molecule has 194 valence electrons. The molecule has 0 unspecified atom stereocenters. The molecule has 1 saturated heterocycles. The summed E-state index contributed by atoms with van der Waals surface area (Å²) in [5.74, 6) is 3.06. The van der Waals surface area contributed by atoms with Crippen LogP contribution in [0.25, 0.3) is 16.9 Å². The summed E-state index contributed by atoms with van der Waals surface area (Å²) >= 11 is 12.4. The highest BCUT2D eigenvalue weighted by Gasteiger charge is 2.53. The molecule has 0 N–H and O–H groups in total. The number of benzene rings is 2. The van der Waals surface area contributed by atoms with Gasteiger partial charge in [0, 0.05) is 59.7 Å². The van der Waals surface area contributed by atoms with E-state index in [-0.39, 0.29) is 0 Å². The van der Waals surface area contributed by atoms with E-state index in [1.165, 1.54) is 87.2 Å². The lowest BCUT2D eigenvalue weighted by atomic mass is 9.52. The van der Waals surface area contributed by atoms with E-state index in [2.05, 4.69) is 51.6 Å². The van der Waals surface area contributed by atoms with Crippen LogP contribution in [-0.2, 0) is 6.54 Å². The average Bonchev–Trinajstić information content (AvgIpc) is 3.20. The minimum absolute atomic E-state index is 0.538. The molecule has 0 atom stereocenters. The van der Waals surface area contributed by atoms with E-state index in [1.54, 1.807) is 0 Å². The molecule has 37 heavy (non-hydrogen) atoms. The molecule has 0 radical (unpaired) electrons. The lowest BCUT2D eigenvalue weighted by Crippen LogP contribution is -2.63. The molecule has 5 heteroatoms. The van der Waals surface area contributed by atoms with Crippen LogP contribution in [-0.4, -0.2) is 46.1 Å². The fraction of sp³-hybridized carbons (Fsp3) is 0.500. The van der Waals surface area contributed by atoms with Crippen molar-refractivity contribution in [2.24, 2.45) is 17.8 Å². The van der Waals surface area contributed by atoms with Gasteiger partial charge in [-0.2, -0.15) is 0 Å². The van der Waals surface area contributed by atoms with Gasteiger partial charge < -0.3 is 4.57 Å². The van der Waals surface area contributed by atoms with Gasteiger partial charge >= 0.3 is 0 Å². The lowest BCUT2D eigenvalue weighted by molar-refractivity contribution is -0.101. The summed E-state index contributed by atoms with van der Waals surface area (Å²) in [5, 5.41) is 1.53. The van der Waals surface area contributed by atoms with Gasteiger partial charge in [-0.05, 0) is 117 Å². The topological polar surface area (TPSA) is 11.4 Å². The number of hydrogen-bond acceptors (Lipinski definition) is 2. The number of nitrogens with zero attached hydrogens (tertiary/aromatic N) is 3. The van der Waals surface area contributed by atoms with E-state index in [0.717, 1.165) is 40.0 Å². The van der Waals surface area contributed by atoms with Crippen molar-refractivity contribution in [3.8, 4) is 16.9 Å². The highest BCUT2D eigenvalue weighted by molar-refractivity contribution is 6.30. The number of halogens is 2. The third-order valence-electron chi connectivity index (χ3n) is 10.0. The van der Waals surface area contributed by atoms with Crippen LogP contribution >= 0.6 is 23.2 Å². The summed E-state index contributed by atoms with van der Waals surface area (Å²) < 4.78 is 2.38. The minimum atomic E-state index is 0.538. The Balaban J connectivity index is 1.12. The maximum Gasteiger partial charge on any atom is 0.0534 e. The number of piperazine rings is 1.